The van der Waals surface area contributed by atoms with Gasteiger partial charge in [0.2, 0.25) is 0 Å². The summed E-state index contributed by atoms with van der Waals surface area (Å²) < 4.78 is 26.8. The Hall–Kier alpha value is -4.31. The van der Waals surface area contributed by atoms with Crippen molar-refractivity contribution in [3.63, 3.8) is 0 Å². The van der Waals surface area contributed by atoms with Crippen molar-refractivity contribution in [1.82, 2.24) is 9.55 Å². The largest absolute Gasteiger partial charge is 0.390 e. The van der Waals surface area contributed by atoms with Gasteiger partial charge in [0.15, 0.2) is 11.6 Å². The molecule has 2 aromatic heterocycles. The van der Waals surface area contributed by atoms with Crippen LogP contribution in [0.3, 0.4) is 0 Å². The van der Waals surface area contributed by atoms with Gasteiger partial charge in [-0.15, -0.1) is 0 Å². The van der Waals surface area contributed by atoms with E-state index >= 15 is 0 Å². The smallest absolute Gasteiger partial charge is 0.270 e. The summed E-state index contributed by atoms with van der Waals surface area (Å²) in [7, 11) is 3.55. The number of hydrogen-bond donors (Lipinski definition) is 0. The molecule has 0 bridgehead atoms. The molecule has 0 unspecified atom stereocenters. The SMILES string of the molecule is CC(C)(C)O/N=C/c1ccc(F)c(F)c1.CN(c1c(C#N)c(=O)n(C)c2ccc(C#N)nc12)C1CCCCC1. The molecule has 1 aromatic carbocycles. The van der Waals surface area contributed by atoms with Crippen molar-refractivity contribution in [2.45, 2.75) is 64.5 Å². The maximum Gasteiger partial charge on any atom is 0.270 e. The minimum absolute atomic E-state index is 0.0978. The Balaban J connectivity index is 0.000000242. The Morgan fingerprint density at radius 2 is 1.79 bits per heavy atom. The lowest BCUT2D eigenvalue weighted by atomic mass is 9.93. The summed E-state index contributed by atoms with van der Waals surface area (Å²) in [5.41, 5.74) is 1.85. The third kappa shape index (κ3) is 7.17. The molecule has 8 nitrogen and oxygen atoms in total. The number of hydrogen-bond acceptors (Lipinski definition) is 7. The van der Waals surface area contributed by atoms with Crippen molar-refractivity contribution >= 4 is 22.9 Å². The number of pyridine rings is 2. The quantitative estimate of drug-likeness (QED) is 0.320. The van der Waals surface area contributed by atoms with E-state index in [1.165, 1.54) is 23.3 Å². The minimum Gasteiger partial charge on any atom is -0.390 e. The summed E-state index contributed by atoms with van der Waals surface area (Å²) >= 11 is 0. The fourth-order valence-electron chi connectivity index (χ4n) is 4.39. The maximum absolute atomic E-state index is 12.8. The van der Waals surface area contributed by atoms with Gasteiger partial charge < -0.3 is 14.3 Å². The molecular formula is C29H32F2N6O2. The Morgan fingerprint density at radius 3 is 2.38 bits per heavy atom. The molecule has 0 saturated heterocycles. The molecule has 1 aliphatic rings. The monoisotopic (exact) mass is 534 g/mol. The third-order valence-corrected chi connectivity index (χ3v) is 6.39. The van der Waals surface area contributed by atoms with Gasteiger partial charge in [0.25, 0.3) is 5.56 Å². The Bertz CT molecular complexity index is 1510. The zero-order valence-electron chi connectivity index (χ0n) is 22.8. The molecule has 4 rings (SSSR count). The van der Waals surface area contributed by atoms with Crippen molar-refractivity contribution in [2.75, 3.05) is 11.9 Å². The topological polar surface area (TPSA) is 107 Å². The van der Waals surface area contributed by atoms with E-state index in [2.05, 4.69) is 16.2 Å². The summed E-state index contributed by atoms with van der Waals surface area (Å²) in [5, 5.41) is 22.4. The molecule has 2 heterocycles. The lowest BCUT2D eigenvalue weighted by molar-refractivity contribution is 0.00199. The summed E-state index contributed by atoms with van der Waals surface area (Å²) in [6.07, 6.45) is 6.94. The van der Waals surface area contributed by atoms with Gasteiger partial charge in [0.1, 0.15) is 34.5 Å². The van der Waals surface area contributed by atoms with Crippen LogP contribution < -0.4 is 10.5 Å². The molecule has 1 saturated carbocycles. The average molecular weight is 535 g/mol. The van der Waals surface area contributed by atoms with Gasteiger partial charge in [-0.05, 0) is 63.4 Å². The standard InChI is InChI=1S/C18H19N5O.C11H13F2NO/c1-22(13-6-4-3-5-7-13)17-14(11-20)18(24)23(2)15-9-8-12(10-19)21-16(15)17;1-11(2,3)15-14-7-8-4-5-9(12)10(13)6-8/h8-9,13H,3-7H2,1-2H3;4-7H,1-3H3/b;14-7+. The second-order valence-corrected chi connectivity index (χ2v) is 10.4. The second kappa shape index (κ2) is 12.5. The summed E-state index contributed by atoms with van der Waals surface area (Å²) in [4.78, 5) is 24.1. The molecule has 1 fully saturated rings. The zero-order chi connectivity index (χ0) is 28.7. The van der Waals surface area contributed by atoms with Crippen LogP contribution in [-0.4, -0.2) is 34.5 Å². The number of halogens is 2. The lowest BCUT2D eigenvalue weighted by Crippen LogP contribution is -2.36. The lowest BCUT2D eigenvalue weighted by Gasteiger charge is -2.33. The highest BCUT2D eigenvalue weighted by atomic mass is 19.2. The fourth-order valence-corrected chi connectivity index (χ4v) is 4.39. The van der Waals surface area contributed by atoms with E-state index in [-0.39, 0.29) is 22.9 Å². The summed E-state index contributed by atoms with van der Waals surface area (Å²) in [6, 6.07) is 11.2. The van der Waals surface area contributed by atoms with Crippen molar-refractivity contribution in [3.05, 3.63) is 69.1 Å². The molecular weight excluding hydrogens is 502 g/mol. The number of aryl methyl sites for hydroxylation is 1. The van der Waals surface area contributed by atoms with Crippen molar-refractivity contribution in [1.29, 1.82) is 10.5 Å². The number of anilines is 1. The van der Waals surface area contributed by atoms with Crippen molar-refractivity contribution in [2.24, 2.45) is 12.2 Å². The van der Waals surface area contributed by atoms with E-state index in [4.69, 9.17) is 10.1 Å². The molecule has 0 aliphatic heterocycles. The highest BCUT2D eigenvalue weighted by molar-refractivity contribution is 5.92. The first kappa shape index (κ1) is 29.2. The van der Waals surface area contributed by atoms with Gasteiger partial charge in [-0.2, -0.15) is 10.5 Å². The molecule has 10 heteroatoms. The van der Waals surface area contributed by atoms with Crippen LogP contribution in [-0.2, 0) is 11.9 Å². The molecule has 0 radical (unpaired) electrons. The Labute approximate surface area is 226 Å². The van der Waals surface area contributed by atoms with Crippen molar-refractivity contribution < 1.29 is 13.6 Å². The van der Waals surface area contributed by atoms with E-state index in [9.17, 15) is 18.8 Å². The number of rotatable bonds is 4. The van der Waals surface area contributed by atoms with Crippen LogP contribution >= 0.6 is 0 Å². The van der Waals surface area contributed by atoms with E-state index in [0.717, 1.165) is 37.8 Å². The predicted octanol–water partition coefficient (Wildman–Crippen LogP) is 5.56. The number of oxime groups is 1. The molecule has 3 aromatic rings. The van der Waals surface area contributed by atoms with Gasteiger partial charge in [-0.3, -0.25) is 4.79 Å². The Kier molecular flexibility index (Phi) is 9.37. The summed E-state index contributed by atoms with van der Waals surface area (Å²) in [6.45, 7) is 5.53. The number of nitriles is 2. The van der Waals surface area contributed by atoms with Gasteiger partial charge >= 0.3 is 0 Å². The van der Waals surface area contributed by atoms with Crippen LogP contribution in [0, 0.1) is 34.3 Å². The first-order chi connectivity index (χ1) is 18.5. The van der Waals surface area contributed by atoms with E-state index in [0.29, 0.717) is 22.3 Å². The second-order valence-electron chi connectivity index (χ2n) is 10.4. The number of benzene rings is 1. The molecule has 0 amide bonds. The normalized spacial score (nSPS) is 13.9. The first-order valence-electron chi connectivity index (χ1n) is 12.7. The molecule has 1 aliphatic carbocycles. The minimum atomic E-state index is -0.894. The van der Waals surface area contributed by atoms with Gasteiger partial charge in [0, 0.05) is 20.1 Å². The average Bonchev–Trinajstić information content (AvgIpc) is 2.92. The van der Waals surface area contributed by atoms with E-state index in [1.54, 1.807) is 19.2 Å². The van der Waals surface area contributed by atoms with Gasteiger partial charge in [0.05, 0.1) is 17.4 Å². The van der Waals surface area contributed by atoms with Crippen LogP contribution in [0.2, 0.25) is 0 Å². The Morgan fingerprint density at radius 1 is 1.10 bits per heavy atom. The molecule has 39 heavy (non-hydrogen) atoms. The molecule has 0 atom stereocenters. The van der Waals surface area contributed by atoms with Gasteiger partial charge in [-0.1, -0.05) is 30.5 Å². The van der Waals surface area contributed by atoms with Crippen molar-refractivity contribution in [3.8, 4) is 12.1 Å². The fraction of sp³-hybridized carbons (Fsp3) is 0.414. The van der Waals surface area contributed by atoms with Crippen LogP contribution in [0.25, 0.3) is 11.0 Å². The zero-order valence-corrected chi connectivity index (χ0v) is 22.8. The molecule has 0 N–H and O–H groups in total. The number of nitrogens with zero attached hydrogens (tertiary/aromatic N) is 6. The van der Waals surface area contributed by atoms with Gasteiger partial charge in [-0.25, -0.2) is 13.8 Å². The van der Waals surface area contributed by atoms with E-state index < -0.39 is 17.2 Å². The number of fused-ring (bicyclic) bond motifs is 1. The number of aromatic nitrogens is 2. The highest BCUT2D eigenvalue weighted by Crippen LogP contribution is 2.32. The third-order valence-electron chi connectivity index (χ3n) is 6.39. The molecule has 0 spiro atoms. The van der Waals surface area contributed by atoms with Crippen LogP contribution in [0.1, 0.15) is 69.7 Å². The predicted molar refractivity (Wildman–Crippen MR) is 146 cm³/mol. The van der Waals surface area contributed by atoms with Crippen LogP contribution in [0.4, 0.5) is 14.5 Å². The van der Waals surface area contributed by atoms with Crippen LogP contribution in [0.15, 0.2) is 40.3 Å². The maximum atomic E-state index is 12.8. The van der Waals surface area contributed by atoms with Crippen LogP contribution in [0.5, 0.6) is 0 Å². The summed E-state index contributed by atoms with van der Waals surface area (Å²) in [5.74, 6) is -1.77. The molecule has 204 valence electrons. The first-order valence-corrected chi connectivity index (χ1v) is 12.7. The highest BCUT2D eigenvalue weighted by Gasteiger charge is 2.25. The van der Waals surface area contributed by atoms with E-state index in [1.807, 2.05) is 38.8 Å².